The van der Waals surface area contributed by atoms with E-state index in [2.05, 4.69) is 0 Å². The highest BCUT2D eigenvalue weighted by molar-refractivity contribution is 6.08. The Hall–Kier alpha value is -2.17. The van der Waals surface area contributed by atoms with E-state index >= 15 is 0 Å². The summed E-state index contributed by atoms with van der Waals surface area (Å²) in [6.07, 6.45) is 0.494. The summed E-state index contributed by atoms with van der Waals surface area (Å²) < 4.78 is 5.47. The number of nitrogens with zero attached hydrogens (tertiary/aromatic N) is 1. The number of amides is 2. The first-order valence-corrected chi connectivity index (χ1v) is 8.74. The quantitative estimate of drug-likeness (QED) is 0.607. The molecule has 0 saturated carbocycles. The maximum atomic E-state index is 12.9. The van der Waals surface area contributed by atoms with Crippen molar-refractivity contribution in [3.05, 3.63) is 35.9 Å². The molecule has 2 atom stereocenters. The van der Waals surface area contributed by atoms with Gasteiger partial charge in [0, 0.05) is 6.42 Å². The van der Waals surface area contributed by atoms with Crippen LogP contribution in [0.1, 0.15) is 58.9 Å². The number of esters is 1. The van der Waals surface area contributed by atoms with Crippen molar-refractivity contribution in [2.24, 2.45) is 5.92 Å². The van der Waals surface area contributed by atoms with Crippen LogP contribution in [0.15, 0.2) is 30.3 Å². The molecule has 5 heteroatoms. The molecule has 0 bridgehead atoms. The zero-order chi connectivity index (χ0) is 18.8. The zero-order valence-corrected chi connectivity index (χ0v) is 15.6. The number of ether oxygens (including phenoxy) is 1. The van der Waals surface area contributed by atoms with Crippen LogP contribution in [-0.2, 0) is 19.1 Å². The molecular weight excluding hydrogens is 318 g/mol. The average Bonchev–Trinajstić information content (AvgIpc) is 2.79. The number of imide groups is 1. The largest absolute Gasteiger partial charge is 0.458 e. The molecule has 1 aliphatic heterocycles. The van der Waals surface area contributed by atoms with Gasteiger partial charge in [0.15, 0.2) is 0 Å². The van der Waals surface area contributed by atoms with Gasteiger partial charge in [0.2, 0.25) is 11.8 Å². The predicted molar refractivity (Wildman–Crippen MR) is 94.7 cm³/mol. The number of carbonyl (C=O) groups is 3. The Morgan fingerprint density at radius 2 is 1.80 bits per heavy atom. The van der Waals surface area contributed by atoms with Crippen LogP contribution in [0, 0.1) is 5.92 Å². The van der Waals surface area contributed by atoms with Crippen LogP contribution >= 0.6 is 0 Å². The van der Waals surface area contributed by atoms with Gasteiger partial charge in [0.1, 0.15) is 11.6 Å². The lowest BCUT2D eigenvalue weighted by molar-refractivity contribution is -0.167. The molecule has 0 unspecified atom stereocenters. The third kappa shape index (κ3) is 4.68. The second-order valence-electron chi connectivity index (χ2n) is 7.95. The molecule has 1 heterocycles. The van der Waals surface area contributed by atoms with Gasteiger partial charge in [-0.25, -0.2) is 4.79 Å². The van der Waals surface area contributed by atoms with Gasteiger partial charge in [-0.05, 0) is 38.7 Å². The first kappa shape index (κ1) is 19.2. The number of rotatable bonds is 5. The Bertz CT molecular complexity index is 645. The highest BCUT2D eigenvalue weighted by Gasteiger charge is 2.46. The number of likely N-dealkylation sites (tertiary alicyclic amines) is 1. The van der Waals surface area contributed by atoms with Crippen molar-refractivity contribution in [3.63, 3.8) is 0 Å². The Kier molecular flexibility index (Phi) is 5.65. The van der Waals surface area contributed by atoms with Crippen LogP contribution < -0.4 is 0 Å². The molecule has 2 amide bonds. The molecule has 0 N–H and O–H groups in total. The van der Waals surface area contributed by atoms with E-state index in [4.69, 9.17) is 4.74 Å². The summed E-state index contributed by atoms with van der Waals surface area (Å²) in [5.41, 5.74) is 0.132. The fourth-order valence-corrected chi connectivity index (χ4v) is 3.05. The SMILES string of the molecule is CC(C)C[C@@H](C(=O)OC(C)(C)C)N1C(=O)C[C@H](c2ccccc2)C1=O. The van der Waals surface area contributed by atoms with Crippen LogP contribution in [0.3, 0.4) is 0 Å². The normalized spacial score (nSPS) is 19.4. The standard InChI is InChI=1S/C20H27NO4/c1-13(2)11-16(19(24)25-20(3,4)5)21-17(22)12-15(18(21)23)14-9-7-6-8-10-14/h6-10,13,15-16H,11-12H2,1-5H3/t15-,16+/m1/s1. The monoisotopic (exact) mass is 345 g/mol. The molecule has 136 valence electrons. The van der Waals surface area contributed by atoms with Gasteiger partial charge in [0.05, 0.1) is 5.92 Å². The summed E-state index contributed by atoms with van der Waals surface area (Å²) in [6, 6.07) is 8.36. The zero-order valence-electron chi connectivity index (χ0n) is 15.6. The molecule has 1 saturated heterocycles. The van der Waals surface area contributed by atoms with Crippen molar-refractivity contribution in [1.29, 1.82) is 0 Å². The lowest BCUT2D eigenvalue weighted by Crippen LogP contribution is -2.48. The number of carbonyl (C=O) groups excluding carboxylic acids is 3. The molecule has 1 fully saturated rings. The van der Waals surface area contributed by atoms with Gasteiger partial charge in [-0.1, -0.05) is 44.2 Å². The Balaban J connectivity index is 2.29. The second-order valence-corrected chi connectivity index (χ2v) is 7.95. The van der Waals surface area contributed by atoms with Crippen LogP contribution in [0.5, 0.6) is 0 Å². The fourth-order valence-electron chi connectivity index (χ4n) is 3.05. The lowest BCUT2D eigenvalue weighted by Gasteiger charge is -2.29. The van der Waals surface area contributed by atoms with Gasteiger partial charge in [0.25, 0.3) is 0 Å². The van der Waals surface area contributed by atoms with E-state index in [-0.39, 0.29) is 24.2 Å². The van der Waals surface area contributed by atoms with E-state index in [1.807, 2.05) is 44.2 Å². The van der Waals surface area contributed by atoms with Crippen molar-refractivity contribution >= 4 is 17.8 Å². The molecule has 0 spiro atoms. The summed E-state index contributed by atoms with van der Waals surface area (Å²) in [7, 11) is 0. The summed E-state index contributed by atoms with van der Waals surface area (Å²) in [5, 5.41) is 0. The number of hydrogen-bond acceptors (Lipinski definition) is 4. The van der Waals surface area contributed by atoms with Gasteiger partial charge in [-0.3, -0.25) is 14.5 Å². The van der Waals surface area contributed by atoms with Crippen LogP contribution in [0.2, 0.25) is 0 Å². The molecule has 5 nitrogen and oxygen atoms in total. The first-order valence-electron chi connectivity index (χ1n) is 8.74. The predicted octanol–water partition coefficient (Wildman–Crippen LogP) is 3.29. The molecule has 1 aromatic carbocycles. The molecule has 0 aromatic heterocycles. The van der Waals surface area contributed by atoms with Crippen molar-refractivity contribution in [2.75, 3.05) is 0 Å². The highest BCUT2D eigenvalue weighted by Crippen LogP contribution is 2.32. The van der Waals surface area contributed by atoms with E-state index in [0.717, 1.165) is 10.5 Å². The molecule has 0 radical (unpaired) electrons. The lowest BCUT2D eigenvalue weighted by atomic mass is 9.97. The minimum atomic E-state index is -0.868. The average molecular weight is 345 g/mol. The third-order valence-electron chi connectivity index (χ3n) is 4.07. The summed E-state index contributed by atoms with van der Waals surface area (Å²) in [4.78, 5) is 39.2. The van der Waals surface area contributed by atoms with E-state index in [1.165, 1.54) is 0 Å². The number of hydrogen-bond donors (Lipinski definition) is 0. The molecule has 2 rings (SSSR count). The van der Waals surface area contributed by atoms with Gasteiger partial charge >= 0.3 is 5.97 Å². The van der Waals surface area contributed by atoms with Crippen molar-refractivity contribution in [1.82, 2.24) is 4.90 Å². The maximum absolute atomic E-state index is 12.9. The van der Waals surface area contributed by atoms with E-state index < -0.39 is 23.5 Å². The van der Waals surface area contributed by atoms with Crippen molar-refractivity contribution in [2.45, 2.75) is 65.0 Å². The third-order valence-corrected chi connectivity index (χ3v) is 4.07. The smallest absolute Gasteiger partial charge is 0.329 e. The van der Waals surface area contributed by atoms with Crippen molar-refractivity contribution in [3.8, 4) is 0 Å². The minimum absolute atomic E-state index is 0.0975. The second kappa shape index (κ2) is 7.38. The molecule has 1 aromatic rings. The summed E-state index contributed by atoms with van der Waals surface area (Å²) in [6.45, 7) is 9.24. The van der Waals surface area contributed by atoms with E-state index in [1.54, 1.807) is 20.8 Å². The van der Waals surface area contributed by atoms with E-state index in [9.17, 15) is 14.4 Å². The number of benzene rings is 1. The van der Waals surface area contributed by atoms with Crippen molar-refractivity contribution < 1.29 is 19.1 Å². The fraction of sp³-hybridized carbons (Fsp3) is 0.550. The van der Waals surface area contributed by atoms with Gasteiger partial charge in [-0.15, -0.1) is 0 Å². The highest BCUT2D eigenvalue weighted by atomic mass is 16.6. The van der Waals surface area contributed by atoms with Gasteiger partial charge < -0.3 is 4.74 Å². The van der Waals surface area contributed by atoms with E-state index in [0.29, 0.717) is 6.42 Å². The van der Waals surface area contributed by atoms with Gasteiger partial charge in [-0.2, -0.15) is 0 Å². The summed E-state index contributed by atoms with van der Waals surface area (Å²) >= 11 is 0. The minimum Gasteiger partial charge on any atom is -0.458 e. The van der Waals surface area contributed by atoms with Crippen LogP contribution in [0.25, 0.3) is 0 Å². The molecule has 1 aliphatic rings. The molecule has 25 heavy (non-hydrogen) atoms. The molecule has 0 aliphatic carbocycles. The Morgan fingerprint density at radius 1 is 1.20 bits per heavy atom. The topological polar surface area (TPSA) is 63.7 Å². The molecular formula is C20H27NO4. The first-order chi connectivity index (χ1) is 11.6. The van der Waals surface area contributed by atoms with Crippen LogP contribution in [0.4, 0.5) is 0 Å². The van der Waals surface area contributed by atoms with Crippen LogP contribution in [-0.4, -0.2) is 34.3 Å². The Labute approximate surface area is 149 Å². The Morgan fingerprint density at radius 3 is 2.32 bits per heavy atom. The summed E-state index contributed by atoms with van der Waals surface area (Å²) in [5.74, 6) is -1.51. The maximum Gasteiger partial charge on any atom is 0.329 e.